The molecule has 484 valence electrons. The topological polar surface area (TPSA) is 222 Å². The van der Waals surface area contributed by atoms with Crippen LogP contribution in [-0.4, -0.2) is 163 Å². The number of likely N-dealkylation sites (N-methyl/N-ethyl adjacent to an activating group) is 4. The molecule has 1 aliphatic rings. The van der Waals surface area contributed by atoms with E-state index in [4.69, 9.17) is 18.9 Å². The summed E-state index contributed by atoms with van der Waals surface area (Å²) < 4.78 is 28.6. The Hall–Kier alpha value is -7.38. The van der Waals surface area contributed by atoms with Crippen molar-refractivity contribution in [3.05, 3.63) is 107 Å². The van der Waals surface area contributed by atoms with Gasteiger partial charge in [-0.05, 0) is 85.5 Å². The summed E-state index contributed by atoms with van der Waals surface area (Å²) in [5, 5.41) is 0. The van der Waals surface area contributed by atoms with E-state index in [-0.39, 0.29) is 73.0 Å². The molecule has 2 aromatic carbocycles. The zero-order valence-corrected chi connectivity index (χ0v) is 56.0. The Bertz CT molecular complexity index is 2810. The molecule has 0 unspecified atom stereocenters. The van der Waals surface area contributed by atoms with Gasteiger partial charge in [-0.25, -0.2) is 29.1 Å². The predicted molar refractivity (Wildman–Crippen MR) is 335 cm³/mol. The average Bonchev–Trinajstić information content (AvgIpc) is 3.36. The van der Waals surface area contributed by atoms with E-state index in [1.807, 2.05) is 116 Å². The number of aromatic nitrogens is 4. The smallest absolute Gasteiger partial charge is 0.329 e. The first-order valence-electron chi connectivity index (χ1n) is 31.1. The van der Waals surface area contributed by atoms with Gasteiger partial charge < -0.3 is 47.7 Å². The van der Waals surface area contributed by atoms with E-state index in [2.05, 4.69) is 60.6 Å². The highest BCUT2D eigenvalue weighted by Crippen LogP contribution is 2.27. The van der Waals surface area contributed by atoms with Gasteiger partial charge in [-0.1, -0.05) is 145 Å². The highest BCUT2D eigenvalue weighted by atomic mass is 16.6. The van der Waals surface area contributed by atoms with Gasteiger partial charge in [-0.2, -0.15) is 0 Å². The largest absolute Gasteiger partial charge is 0.451 e. The molecule has 0 aliphatic carbocycles. The Kier molecular flexibility index (Phi) is 24.9. The minimum absolute atomic E-state index is 0.0808. The summed E-state index contributed by atoms with van der Waals surface area (Å²) in [6, 6.07) is 9.84. The molecule has 8 atom stereocenters. The van der Waals surface area contributed by atoms with Crippen LogP contribution in [0.4, 0.5) is 0 Å². The molecule has 3 heterocycles. The Balaban J connectivity index is 1.59. The van der Waals surface area contributed by atoms with E-state index < -0.39 is 96.1 Å². The van der Waals surface area contributed by atoms with Gasteiger partial charge in [0.05, 0.1) is 0 Å². The van der Waals surface area contributed by atoms with Crippen molar-refractivity contribution in [1.29, 1.82) is 0 Å². The molecular formula is C68H100N8O12. The monoisotopic (exact) mass is 1220 g/mol. The van der Waals surface area contributed by atoms with Crippen LogP contribution in [0.15, 0.2) is 73.3 Å². The van der Waals surface area contributed by atoms with Crippen LogP contribution in [0, 0.1) is 23.7 Å². The maximum absolute atomic E-state index is 15.1. The first kappa shape index (κ1) is 71.4. The van der Waals surface area contributed by atoms with Crippen LogP contribution in [0.3, 0.4) is 0 Å². The second-order valence-corrected chi connectivity index (χ2v) is 27.7. The Morgan fingerprint density at radius 3 is 0.909 bits per heavy atom. The lowest BCUT2D eigenvalue weighted by atomic mass is 9.95. The fourth-order valence-corrected chi connectivity index (χ4v) is 11.0. The van der Waals surface area contributed by atoms with Crippen LogP contribution in [0.2, 0.25) is 0 Å². The summed E-state index contributed by atoms with van der Waals surface area (Å²) in [5.41, 5.74) is 2.73. The highest BCUT2D eigenvalue weighted by molar-refractivity contribution is 5.94. The molecule has 20 nitrogen and oxygen atoms in total. The molecule has 1 aliphatic heterocycles. The number of amides is 4. The number of carbonyl (C=O) groups excluding carboxylic acids is 8. The standard InChI is InChI=1S/C68H100N8O12/c1-41(2)33-51-61(81)85-45(9)57(77)71(17)54(36-44(7)8)64(84)88-56(38-48-23-27-50(28-24-48)40-76-32-30-70-66(76)68(14,15)16)60(80)74(20)52(34-42(3)4)62(82)86-46(10)58(78)72(18)53(35-43(5)6)63(83)87-55(59(79)73(51)19)37-47-21-25-49(26-22-47)39-75-31-29-69-65(75)67(11,12)13/h21-32,41-46,51-56H,33-40H2,1-20H3/t45-,46-,51+,52+,53+,54+,55-,56-/m1/s1. The van der Waals surface area contributed by atoms with Crippen molar-refractivity contribution in [2.24, 2.45) is 23.7 Å². The molecular weight excluding hydrogens is 1120 g/mol. The number of ether oxygens (including phenoxy) is 4. The van der Waals surface area contributed by atoms with Crippen LogP contribution in [0.25, 0.3) is 0 Å². The van der Waals surface area contributed by atoms with Crippen molar-refractivity contribution in [2.75, 3.05) is 28.2 Å². The van der Waals surface area contributed by atoms with Crippen LogP contribution >= 0.6 is 0 Å². The molecule has 4 amide bonds. The maximum atomic E-state index is 15.1. The Morgan fingerprint density at radius 2 is 0.648 bits per heavy atom. The quantitative estimate of drug-likeness (QED) is 0.0756. The highest BCUT2D eigenvalue weighted by Gasteiger charge is 2.43. The third-order valence-electron chi connectivity index (χ3n) is 15.8. The zero-order chi connectivity index (χ0) is 65.9. The summed E-state index contributed by atoms with van der Waals surface area (Å²) in [5.74, 6) is -5.61. The number of cyclic esters (lactones) is 4. The first-order chi connectivity index (χ1) is 41.0. The number of esters is 4. The summed E-state index contributed by atoms with van der Waals surface area (Å²) in [7, 11) is 5.61. The van der Waals surface area contributed by atoms with Gasteiger partial charge in [0.25, 0.3) is 23.6 Å². The van der Waals surface area contributed by atoms with Gasteiger partial charge in [-0.3, -0.25) is 19.2 Å². The van der Waals surface area contributed by atoms with Crippen LogP contribution in [0.5, 0.6) is 0 Å². The molecule has 0 radical (unpaired) electrons. The number of hydrogen-bond acceptors (Lipinski definition) is 14. The Morgan fingerprint density at radius 1 is 0.398 bits per heavy atom. The minimum atomic E-state index is -1.54. The van der Waals surface area contributed by atoms with Crippen LogP contribution in [0.1, 0.15) is 170 Å². The third kappa shape index (κ3) is 19.3. The number of rotatable bonds is 16. The number of nitrogens with zero attached hydrogens (tertiary/aromatic N) is 8. The molecule has 0 bridgehead atoms. The fraction of sp³-hybridized carbons (Fsp3) is 0.618. The Labute approximate surface area is 522 Å². The molecule has 20 heteroatoms. The maximum Gasteiger partial charge on any atom is 0.329 e. The average molecular weight is 1220 g/mol. The number of imidazole rings is 2. The number of hydrogen-bond donors (Lipinski definition) is 0. The van der Waals surface area contributed by atoms with Gasteiger partial charge in [0.2, 0.25) is 0 Å². The van der Waals surface area contributed by atoms with Crippen LogP contribution in [-0.2, 0) is 94.1 Å². The van der Waals surface area contributed by atoms with E-state index in [0.29, 0.717) is 24.2 Å². The third-order valence-corrected chi connectivity index (χ3v) is 15.8. The SMILES string of the molecule is CC(C)C[C@H]1C(=O)O[C@H](Cc2ccc(Cn3ccnc3C(C)(C)C)cc2)C(=O)N(C)[C@@H](CC(C)C)C(=O)O[C@H](C)C(=O)N(C)[C@@H](CC(C)C)C(=O)O[C@H](Cc2ccc(Cn3ccnc3C(C)(C)C)cc2)C(=O)N(C)[C@@H](CC(C)C)C(=O)O[C@H](C)C(=O)N1C. The van der Waals surface area contributed by atoms with Crippen molar-refractivity contribution >= 4 is 47.5 Å². The summed E-state index contributed by atoms with van der Waals surface area (Å²) in [4.78, 5) is 132. The number of benzene rings is 2. The van der Waals surface area contributed by atoms with E-state index in [1.165, 1.54) is 51.8 Å². The summed E-state index contributed by atoms with van der Waals surface area (Å²) >= 11 is 0. The van der Waals surface area contributed by atoms with E-state index in [9.17, 15) is 28.8 Å². The molecule has 5 rings (SSSR count). The second-order valence-electron chi connectivity index (χ2n) is 27.7. The second kappa shape index (κ2) is 30.7. The molecule has 0 spiro atoms. The molecule has 1 fully saturated rings. The fourth-order valence-electron chi connectivity index (χ4n) is 11.0. The van der Waals surface area contributed by atoms with Gasteiger partial charge in [0.1, 0.15) is 35.8 Å². The molecule has 88 heavy (non-hydrogen) atoms. The van der Waals surface area contributed by atoms with Crippen molar-refractivity contribution in [3.63, 3.8) is 0 Å². The predicted octanol–water partition coefficient (Wildman–Crippen LogP) is 8.75. The normalized spacial score (nSPS) is 22.6. The lowest BCUT2D eigenvalue weighted by molar-refractivity contribution is -0.176. The molecule has 0 saturated carbocycles. The van der Waals surface area contributed by atoms with Crippen molar-refractivity contribution < 1.29 is 57.3 Å². The van der Waals surface area contributed by atoms with Crippen molar-refractivity contribution in [3.8, 4) is 0 Å². The number of carbonyl (C=O) groups is 8. The zero-order valence-electron chi connectivity index (χ0n) is 56.0. The molecule has 4 aromatic rings. The summed E-state index contributed by atoms with van der Waals surface area (Å²) in [6.45, 7) is 31.2. The van der Waals surface area contributed by atoms with E-state index >= 15 is 9.59 Å². The minimum Gasteiger partial charge on any atom is -0.451 e. The molecule has 0 N–H and O–H groups in total. The van der Waals surface area contributed by atoms with E-state index in [0.717, 1.165) is 32.6 Å². The first-order valence-corrected chi connectivity index (χ1v) is 31.1. The van der Waals surface area contributed by atoms with Gasteiger partial charge >= 0.3 is 23.9 Å². The lowest BCUT2D eigenvalue weighted by Crippen LogP contribution is -2.55. The van der Waals surface area contributed by atoms with E-state index in [1.54, 1.807) is 12.4 Å². The summed E-state index contributed by atoms with van der Waals surface area (Å²) in [6.07, 6.45) is 1.35. The lowest BCUT2D eigenvalue weighted by Gasteiger charge is -2.35. The van der Waals surface area contributed by atoms with Gasteiger partial charge in [0, 0.05) is 89.7 Å². The van der Waals surface area contributed by atoms with Gasteiger partial charge in [-0.15, -0.1) is 0 Å². The van der Waals surface area contributed by atoms with Gasteiger partial charge in [0.15, 0.2) is 24.4 Å². The molecule has 2 aromatic heterocycles. The van der Waals surface area contributed by atoms with Crippen molar-refractivity contribution in [2.45, 2.75) is 222 Å². The molecule has 1 saturated heterocycles. The van der Waals surface area contributed by atoms with Crippen LogP contribution < -0.4 is 0 Å². The van der Waals surface area contributed by atoms with Crippen molar-refractivity contribution in [1.82, 2.24) is 38.7 Å².